The first-order valence-corrected chi connectivity index (χ1v) is 19.8. The van der Waals surface area contributed by atoms with E-state index in [4.69, 9.17) is 15.0 Å². The zero-order valence-corrected chi connectivity index (χ0v) is 31.1. The van der Waals surface area contributed by atoms with Crippen LogP contribution in [-0.4, -0.2) is 15.0 Å². The molecule has 3 nitrogen and oxygen atoms in total. The normalized spacial score (nSPS) is 13.1. The van der Waals surface area contributed by atoms with Gasteiger partial charge in [0.1, 0.15) is 0 Å². The third-order valence-electron chi connectivity index (χ3n) is 11.2. The fraction of sp³-hybridized carbons (Fsp3) is 0.0192. The van der Waals surface area contributed by atoms with Crippen LogP contribution in [0, 0.1) is 0 Å². The summed E-state index contributed by atoms with van der Waals surface area (Å²) in [5.41, 5.74) is 14.8. The van der Waals surface area contributed by atoms with E-state index >= 15 is 0 Å². The quantitative estimate of drug-likeness (QED) is 0.177. The fourth-order valence-corrected chi connectivity index (χ4v) is 9.83. The van der Waals surface area contributed by atoms with Crippen molar-refractivity contribution in [3.8, 4) is 67.5 Å². The highest BCUT2D eigenvalue weighted by Crippen LogP contribution is 2.62. The van der Waals surface area contributed by atoms with Gasteiger partial charge in [0.25, 0.3) is 0 Å². The van der Waals surface area contributed by atoms with Crippen molar-refractivity contribution in [3.63, 3.8) is 0 Å². The molecular formula is C52H33N3S. The Morgan fingerprint density at radius 3 is 1.23 bits per heavy atom. The lowest BCUT2D eigenvalue weighted by atomic mass is 9.67. The molecule has 0 N–H and O–H groups in total. The van der Waals surface area contributed by atoms with Crippen LogP contribution in [0.15, 0.2) is 210 Å². The van der Waals surface area contributed by atoms with Gasteiger partial charge in [-0.1, -0.05) is 194 Å². The third kappa shape index (κ3) is 5.18. The van der Waals surface area contributed by atoms with E-state index in [1.807, 2.05) is 36.0 Å². The Kier molecular flexibility index (Phi) is 7.64. The summed E-state index contributed by atoms with van der Waals surface area (Å²) < 4.78 is 0. The summed E-state index contributed by atoms with van der Waals surface area (Å²) in [6.45, 7) is 0. The smallest absolute Gasteiger partial charge is 0.164 e. The maximum Gasteiger partial charge on any atom is 0.164 e. The lowest BCUT2D eigenvalue weighted by Crippen LogP contribution is -2.31. The Morgan fingerprint density at radius 2 is 0.661 bits per heavy atom. The monoisotopic (exact) mass is 731 g/mol. The molecule has 0 radical (unpaired) electrons. The number of benzene rings is 8. The summed E-state index contributed by atoms with van der Waals surface area (Å²) in [6, 6.07) is 71.5. The van der Waals surface area contributed by atoms with Crippen molar-refractivity contribution >= 4 is 11.8 Å². The molecule has 262 valence electrons. The molecule has 1 aromatic heterocycles. The summed E-state index contributed by atoms with van der Waals surface area (Å²) in [7, 11) is 0. The molecule has 1 aliphatic heterocycles. The molecule has 0 bridgehead atoms. The van der Waals surface area contributed by atoms with E-state index in [-0.39, 0.29) is 0 Å². The second-order valence-electron chi connectivity index (χ2n) is 14.3. The Balaban J connectivity index is 1.05. The number of rotatable bonds is 5. The zero-order chi connectivity index (χ0) is 37.1. The first kappa shape index (κ1) is 32.5. The molecule has 0 unspecified atom stereocenters. The van der Waals surface area contributed by atoms with Crippen LogP contribution in [0.4, 0.5) is 0 Å². The average Bonchev–Trinajstić information content (AvgIpc) is 3.57. The van der Waals surface area contributed by atoms with Crippen molar-refractivity contribution in [3.05, 3.63) is 222 Å². The Labute approximate surface area is 330 Å². The van der Waals surface area contributed by atoms with Crippen molar-refractivity contribution in [1.29, 1.82) is 0 Å². The van der Waals surface area contributed by atoms with E-state index in [0.29, 0.717) is 17.5 Å². The summed E-state index contributed by atoms with van der Waals surface area (Å²) in [6.07, 6.45) is 0. The molecule has 11 rings (SSSR count). The van der Waals surface area contributed by atoms with E-state index in [0.717, 1.165) is 27.8 Å². The van der Waals surface area contributed by atoms with Gasteiger partial charge < -0.3 is 0 Å². The molecule has 2 heterocycles. The molecule has 1 aliphatic carbocycles. The van der Waals surface area contributed by atoms with Crippen molar-refractivity contribution in [2.24, 2.45) is 0 Å². The Bertz CT molecular complexity index is 2880. The van der Waals surface area contributed by atoms with Gasteiger partial charge in [-0.25, -0.2) is 15.0 Å². The maximum absolute atomic E-state index is 5.22. The second kappa shape index (κ2) is 13.2. The molecule has 0 atom stereocenters. The average molecular weight is 732 g/mol. The number of hydrogen-bond acceptors (Lipinski definition) is 4. The van der Waals surface area contributed by atoms with Gasteiger partial charge in [0.15, 0.2) is 17.5 Å². The van der Waals surface area contributed by atoms with Crippen molar-refractivity contribution in [2.45, 2.75) is 15.2 Å². The van der Waals surface area contributed by atoms with Gasteiger partial charge in [-0.3, -0.25) is 0 Å². The number of nitrogens with zero attached hydrogens (tertiary/aromatic N) is 3. The van der Waals surface area contributed by atoms with Crippen LogP contribution in [0.5, 0.6) is 0 Å². The minimum atomic E-state index is -0.479. The first-order valence-electron chi connectivity index (χ1n) is 18.9. The van der Waals surface area contributed by atoms with Crippen molar-refractivity contribution in [1.82, 2.24) is 15.0 Å². The summed E-state index contributed by atoms with van der Waals surface area (Å²) in [5, 5.41) is 0. The van der Waals surface area contributed by atoms with Crippen LogP contribution in [0.25, 0.3) is 67.5 Å². The minimum Gasteiger partial charge on any atom is -0.208 e. The molecular weight excluding hydrogens is 699 g/mol. The van der Waals surface area contributed by atoms with Crippen LogP contribution in [0.2, 0.25) is 0 Å². The molecule has 56 heavy (non-hydrogen) atoms. The topological polar surface area (TPSA) is 38.7 Å². The molecule has 2 aliphatic rings. The third-order valence-corrected chi connectivity index (χ3v) is 12.4. The minimum absolute atomic E-state index is 0.479. The van der Waals surface area contributed by atoms with E-state index < -0.39 is 5.41 Å². The predicted octanol–water partition coefficient (Wildman–Crippen LogP) is 13.0. The van der Waals surface area contributed by atoms with Gasteiger partial charge in [0.2, 0.25) is 0 Å². The highest BCUT2D eigenvalue weighted by Gasteiger charge is 2.50. The van der Waals surface area contributed by atoms with Crippen LogP contribution in [-0.2, 0) is 5.41 Å². The van der Waals surface area contributed by atoms with Gasteiger partial charge in [-0.15, -0.1) is 0 Å². The van der Waals surface area contributed by atoms with Crippen LogP contribution < -0.4 is 0 Å². The van der Waals surface area contributed by atoms with E-state index in [2.05, 4.69) is 176 Å². The largest absolute Gasteiger partial charge is 0.208 e. The van der Waals surface area contributed by atoms with Crippen molar-refractivity contribution < 1.29 is 0 Å². The molecule has 0 saturated heterocycles. The summed E-state index contributed by atoms with van der Waals surface area (Å²) >= 11 is 1.86. The standard InChI is InChI=1S/C52H33N3S/c1-3-13-34(14-4-1)35-23-25-36(26-24-35)37-27-29-39(30-28-37)50-53-49(38-15-5-2-6-16-38)54-51(55-50)40-31-32-42-41-17-7-8-18-43(41)52(46(42)33-40)44-19-9-11-21-47(44)56-48-22-12-10-20-45(48)52/h1-33H. The number of aromatic nitrogens is 3. The van der Waals surface area contributed by atoms with Gasteiger partial charge in [0.05, 0.1) is 5.41 Å². The first-order chi connectivity index (χ1) is 27.7. The highest BCUT2D eigenvalue weighted by molar-refractivity contribution is 7.99. The molecule has 0 fully saturated rings. The number of hydrogen-bond donors (Lipinski definition) is 0. The maximum atomic E-state index is 5.22. The summed E-state index contributed by atoms with van der Waals surface area (Å²) in [4.78, 5) is 18.0. The van der Waals surface area contributed by atoms with Crippen LogP contribution in [0.1, 0.15) is 22.3 Å². The SMILES string of the molecule is c1ccc(-c2ccc(-c3ccc(-c4nc(-c5ccccc5)nc(-c5ccc6c(c5)C5(c7ccccc7Sc7ccccc75)c5ccccc5-6)n4)cc3)cc2)cc1. The van der Waals surface area contributed by atoms with Crippen molar-refractivity contribution in [2.75, 3.05) is 0 Å². The highest BCUT2D eigenvalue weighted by atomic mass is 32.2. The van der Waals surface area contributed by atoms with Gasteiger partial charge >= 0.3 is 0 Å². The van der Waals surface area contributed by atoms with E-state index in [9.17, 15) is 0 Å². The fourth-order valence-electron chi connectivity index (χ4n) is 8.64. The zero-order valence-electron chi connectivity index (χ0n) is 30.3. The van der Waals surface area contributed by atoms with Crippen LogP contribution in [0.3, 0.4) is 0 Å². The number of fused-ring (bicyclic) bond motifs is 9. The Hall–Kier alpha value is -6.88. The summed E-state index contributed by atoms with van der Waals surface area (Å²) in [5.74, 6) is 1.94. The molecule has 9 aromatic rings. The van der Waals surface area contributed by atoms with E-state index in [1.165, 1.54) is 54.3 Å². The lowest BCUT2D eigenvalue weighted by Gasteiger charge is -2.39. The molecule has 1 spiro atoms. The molecule has 0 amide bonds. The van der Waals surface area contributed by atoms with E-state index in [1.54, 1.807) is 0 Å². The second-order valence-corrected chi connectivity index (χ2v) is 15.4. The molecule has 0 saturated carbocycles. The lowest BCUT2D eigenvalue weighted by molar-refractivity contribution is 0.722. The van der Waals surface area contributed by atoms with Gasteiger partial charge in [0, 0.05) is 26.5 Å². The van der Waals surface area contributed by atoms with Gasteiger partial charge in [-0.2, -0.15) is 0 Å². The van der Waals surface area contributed by atoms with Gasteiger partial charge in [-0.05, 0) is 73.8 Å². The molecule has 8 aromatic carbocycles. The Morgan fingerprint density at radius 1 is 0.286 bits per heavy atom. The van der Waals surface area contributed by atoms with Crippen LogP contribution >= 0.6 is 11.8 Å². The molecule has 4 heteroatoms. The predicted molar refractivity (Wildman–Crippen MR) is 228 cm³/mol.